The van der Waals surface area contributed by atoms with Crippen LogP contribution in [0.4, 0.5) is 0 Å². The zero-order valence-corrected chi connectivity index (χ0v) is 9.06. The lowest BCUT2D eigenvalue weighted by Gasteiger charge is -2.12. The lowest BCUT2D eigenvalue weighted by atomic mass is 10.1. The van der Waals surface area contributed by atoms with Gasteiger partial charge in [0.2, 0.25) is 5.78 Å². The van der Waals surface area contributed by atoms with Crippen LogP contribution in [0.2, 0.25) is 0 Å². The van der Waals surface area contributed by atoms with Crippen LogP contribution in [0.5, 0.6) is 5.75 Å². The molecule has 0 radical (unpaired) electrons. The molecule has 16 heavy (non-hydrogen) atoms. The summed E-state index contributed by atoms with van der Waals surface area (Å²) in [5, 5.41) is 9.39. The Morgan fingerprint density at radius 1 is 1.25 bits per heavy atom. The maximum absolute atomic E-state index is 11.7. The van der Waals surface area contributed by atoms with Crippen LogP contribution in [0.3, 0.4) is 0 Å². The van der Waals surface area contributed by atoms with E-state index < -0.39 is 17.7 Å². The van der Waals surface area contributed by atoms with Crippen LogP contribution < -0.4 is 4.74 Å². The molecule has 1 atom stereocenters. The van der Waals surface area contributed by atoms with Gasteiger partial charge in [-0.3, -0.25) is 9.59 Å². The number of carbonyl (C=O) groups excluding carboxylic acids is 2. The first-order valence-corrected chi connectivity index (χ1v) is 5.08. The van der Waals surface area contributed by atoms with Gasteiger partial charge < -0.3 is 9.84 Å². The molecule has 1 N–H and O–H groups in total. The first-order valence-electron chi connectivity index (χ1n) is 5.08. The average Bonchev–Trinajstić information content (AvgIpc) is 2.44. The Bertz CT molecular complexity index is 462. The fraction of sp³-hybridized carbons (Fsp3) is 0.333. The normalized spacial score (nSPS) is 19.1. The number of aliphatic hydroxyl groups excluding tert-OH is 1. The number of hydrogen-bond acceptors (Lipinski definition) is 4. The monoisotopic (exact) mass is 220 g/mol. The van der Waals surface area contributed by atoms with Gasteiger partial charge in [-0.15, -0.1) is 0 Å². The van der Waals surface area contributed by atoms with E-state index in [1.807, 2.05) is 13.8 Å². The van der Waals surface area contributed by atoms with Crippen molar-refractivity contribution >= 4 is 11.6 Å². The van der Waals surface area contributed by atoms with Crippen molar-refractivity contribution in [3.8, 4) is 5.75 Å². The van der Waals surface area contributed by atoms with Crippen LogP contribution in [-0.4, -0.2) is 28.9 Å². The van der Waals surface area contributed by atoms with Crippen molar-refractivity contribution in [3.63, 3.8) is 0 Å². The largest absolute Gasteiger partial charge is 0.490 e. The summed E-state index contributed by atoms with van der Waals surface area (Å²) in [6, 6.07) is 4.79. The number of ketones is 2. The fourth-order valence-electron chi connectivity index (χ4n) is 1.75. The second-order valence-corrected chi connectivity index (χ2v) is 3.98. The molecule has 0 aromatic heterocycles. The van der Waals surface area contributed by atoms with Crippen LogP contribution in [-0.2, 0) is 0 Å². The van der Waals surface area contributed by atoms with E-state index in [1.54, 1.807) is 12.1 Å². The van der Waals surface area contributed by atoms with Crippen LogP contribution in [0, 0.1) is 0 Å². The lowest BCUT2D eigenvalue weighted by Crippen LogP contribution is -2.21. The molecule has 0 fully saturated rings. The maximum atomic E-state index is 11.7. The van der Waals surface area contributed by atoms with Crippen molar-refractivity contribution in [1.82, 2.24) is 0 Å². The van der Waals surface area contributed by atoms with E-state index >= 15 is 0 Å². The topological polar surface area (TPSA) is 63.6 Å². The minimum Gasteiger partial charge on any atom is -0.490 e. The quantitative estimate of drug-likeness (QED) is 0.761. The molecule has 0 aliphatic heterocycles. The Morgan fingerprint density at radius 2 is 1.94 bits per heavy atom. The second-order valence-electron chi connectivity index (χ2n) is 3.98. The van der Waals surface area contributed by atoms with Gasteiger partial charge >= 0.3 is 0 Å². The molecule has 1 aromatic rings. The Balaban J connectivity index is 2.53. The third-order valence-corrected chi connectivity index (χ3v) is 2.40. The van der Waals surface area contributed by atoms with Crippen molar-refractivity contribution in [3.05, 3.63) is 29.3 Å². The average molecular weight is 220 g/mol. The molecule has 1 aromatic carbocycles. The highest BCUT2D eigenvalue weighted by molar-refractivity contribution is 6.29. The number of ether oxygens (including phenoxy) is 1. The van der Waals surface area contributed by atoms with Crippen LogP contribution in [0.1, 0.15) is 34.6 Å². The van der Waals surface area contributed by atoms with Gasteiger partial charge in [0.1, 0.15) is 5.75 Å². The molecular formula is C12H12O4. The molecule has 0 bridgehead atoms. The molecule has 1 unspecified atom stereocenters. The summed E-state index contributed by atoms with van der Waals surface area (Å²) in [7, 11) is 0. The van der Waals surface area contributed by atoms with Crippen molar-refractivity contribution < 1.29 is 19.4 Å². The van der Waals surface area contributed by atoms with Gasteiger partial charge in [-0.25, -0.2) is 0 Å². The Kier molecular flexibility index (Phi) is 2.52. The molecule has 0 heterocycles. The lowest BCUT2D eigenvalue weighted by molar-refractivity contribution is 0.0661. The van der Waals surface area contributed by atoms with Gasteiger partial charge in [0, 0.05) is 5.56 Å². The molecule has 1 aliphatic carbocycles. The summed E-state index contributed by atoms with van der Waals surface area (Å²) in [5.74, 6) is -0.757. The van der Waals surface area contributed by atoms with E-state index in [2.05, 4.69) is 0 Å². The molecule has 2 rings (SSSR count). The van der Waals surface area contributed by atoms with E-state index in [1.165, 1.54) is 6.07 Å². The van der Waals surface area contributed by atoms with E-state index in [0.29, 0.717) is 5.75 Å². The molecule has 84 valence electrons. The Morgan fingerprint density at radius 3 is 2.56 bits per heavy atom. The molecule has 0 saturated carbocycles. The third kappa shape index (κ3) is 1.51. The predicted octanol–water partition coefficient (Wildman–Crippen LogP) is 1.21. The standard InChI is InChI=1S/C12H12O4/c1-6(2)16-8-5-3-4-7-9(8)11(14)12(15)10(7)13/h3-6,12,15H,1-2H3. The number of carbonyl (C=O) groups is 2. The number of aliphatic hydroxyl groups is 1. The highest BCUT2D eigenvalue weighted by Crippen LogP contribution is 2.31. The molecular weight excluding hydrogens is 208 g/mol. The van der Waals surface area contributed by atoms with Crippen molar-refractivity contribution in [2.45, 2.75) is 26.1 Å². The second kappa shape index (κ2) is 3.72. The van der Waals surface area contributed by atoms with E-state index in [4.69, 9.17) is 4.74 Å². The highest BCUT2D eigenvalue weighted by atomic mass is 16.5. The van der Waals surface area contributed by atoms with Crippen LogP contribution >= 0.6 is 0 Å². The summed E-state index contributed by atoms with van der Waals surface area (Å²) in [5.41, 5.74) is 0.448. The van der Waals surface area contributed by atoms with E-state index in [0.717, 1.165) is 0 Å². The maximum Gasteiger partial charge on any atom is 0.203 e. The molecule has 4 heteroatoms. The van der Waals surface area contributed by atoms with Gasteiger partial charge in [-0.1, -0.05) is 12.1 Å². The zero-order valence-electron chi connectivity index (χ0n) is 9.06. The minimum atomic E-state index is -1.56. The summed E-state index contributed by atoms with van der Waals surface area (Å²) in [4.78, 5) is 23.2. The van der Waals surface area contributed by atoms with Crippen molar-refractivity contribution in [1.29, 1.82) is 0 Å². The van der Waals surface area contributed by atoms with E-state index in [-0.39, 0.29) is 17.2 Å². The van der Waals surface area contributed by atoms with E-state index in [9.17, 15) is 14.7 Å². The smallest absolute Gasteiger partial charge is 0.203 e. The highest BCUT2D eigenvalue weighted by Gasteiger charge is 2.39. The summed E-state index contributed by atoms with van der Waals surface area (Å²) in [6.07, 6.45) is -1.65. The molecule has 0 spiro atoms. The third-order valence-electron chi connectivity index (χ3n) is 2.40. The first kappa shape index (κ1) is 10.8. The van der Waals surface area contributed by atoms with Crippen LogP contribution in [0.15, 0.2) is 18.2 Å². The molecule has 4 nitrogen and oxygen atoms in total. The van der Waals surface area contributed by atoms with Crippen LogP contribution in [0.25, 0.3) is 0 Å². The summed E-state index contributed by atoms with van der Waals surface area (Å²) >= 11 is 0. The fourth-order valence-corrected chi connectivity index (χ4v) is 1.75. The number of hydrogen-bond donors (Lipinski definition) is 1. The number of rotatable bonds is 2. The van der Waals surface area contributed by atoms with Gasteiger partial charge in [0.25, 0.3) is 0 Å². The zero-order chi connectivity index (χ0) is 11.9. The van der Waals surface area contributed by atoms with Gasteiger partial charge in [-0.05, 0) is 19.9 Å². The number of fused-ring (bicyclic) bond motifs is 1. The molecule has 0 saturated heterocycles. The van der Waals surface area contributed by atoms with Gasteiger partial charge in [0.15, 0.2) is 11.9 Å². The predicted molar refractivity (Wildman–Crippen MR) is 56.9 cm³/mol. The summed E-state index contributed by atoms with van der Waals surface area (Å²) in [6.45, 7) is 3.66. The Hall–Kier alpha value is -1.68. The number of Topliss-reactive ketones (excluding diaryl/α,β-unsaturated/α-hetero) is 2. The van der Waals surface area contributed by atoms with Gasteiger partial charge in [0.05, 0.1) is 11.7 Å². The minimum absolute atomic E-state index is 0.0906. The van der Waals surface area contributed by atoms with Crippen molar-refractivity contribution in [2.75, 3.05) is 0 Å². The molecule has 0 amide bonds. The SMILES string of the molecule is CC(C)Oc1cccc2c1C(=O)C(O)C2=O. The molecule has 1 aliphatic rings. The van der Waals surface area contributed by atoms with Gasteiger partial charge in [-0.2, -0.15) is 0 Å². The summed E-state index contributed by atoms with van der Waals surface area (Å²) < 4.78 is 5.44. The first-order chi connectivity index (χ1) is 7.52. The Labute approximate surface area is 92.8 Å². The van der Waals surface area contributed by atoms with Crippen molar-refractivity contribution in [2.24, 2.45) is 0 Å². The number of benzene rings is 1.